The van der Waals surface area contributed by atoms with E-state index in [0.29, 0.717) is 35.2 Å². The normalized spacial score (nSPS) is 13.0. The lowest BCUT2D eigenvalue weighted by Crippen LogP contribution is -2.21. The molecule has 32 heavy (non-hydrogen) atoms. The zero-order valence-corrected chi connectivity index (χ0v) is 17.0. The first-order chi connectivity index (χ1) is 15.2. The zero-order valence-electron chi connectivity index (χ0n) is 17.0. The van der Waals surface area contributed by atoms with Crippen LogP contribution in [0.25, 0.3) is 0 Å². The molecule has 164 valence electrons. The molecular weight excluding hydrogens is 423 g/mol. The minimum Gasteiger partial charge on any atom is -0.326 e. The summed E-state index contributed by atoms with van der Waals surface area (Å²) >= 11 is 0. The SMILES string of the molecule is Cc1c(NC(=O)c2cc(=O)[nH]c3c2CCC3)c(C(F)(F)F)nn1Cc1ccc(C#N)cc1. The van der Waals surface area contributed by atoms with Crippen molar-refractivity contribution in [3.05, 3.63) is 80.0 Å². The number of amides is 1. The maximum absolute atomic E-state index is 13.7. The van der Waals surface area contributed by atoms with Crippen molar-refractivity contribution in [1.29, 1.82) is 5.26 Å². The van der Waals surface area contributed by atoms with Gasteiger partial charge >= 0.3 is 6.18 Å². The predicted octanol–water partition coefficient (Wildman–Crippen LogP) is 3.56. The highest BCUT2D eigenvalue weighted by Gasteiger charge is 2.39. The van der Waals surface area contributed by atoms with Gasteiger partial charge in [-0.3, -0.25) is 14.3 Å². The number of pyridine rings is 1. The van der Waals surface area contributed by atoms with Gasteiger partial charge in [0.1, 0.15) is 0 Å². The van der Waals surface area contributed by atoms with E-state index in [1.807, 2.05) is 6.07 Å². The first-order valence-electron chi connectivity index (χ1n) is 9.87. The number of nitrogens with zero attached hydrogens (tertiary/aromatic N) is 3. The van der Waals surface area contributed by atoms with E-state index >= 15 is 0 Å². The Bertz CT molecular complexity index is 1300. The van der Waals surface area contributed by atoms with Crippen LogP contribution in [0.5, 0.6) is 0 Å². The Morgan fingerprint density at radius 2 is 2.00 bits per heavy atom. The van der Waals surface area contributed by atoms with E-state index in [4.69, 9.17) is 5.26 Å². The second kappa shape index (κ2) is 8.00. The van der Waals surface area contributed by atoms with Crippen LogP contribution in [0.3, 0.4) is 0 Å². The van der Waals surface area contributed by atoms with Crippen LogP contribution < -0.4 is 10.9 Å². The molecule has 10 heteroatoms. The Balaban J connectivity index is 1.70. The number of aryl methyl sites for hydroxylation is 1. The van der Waals surface area contributed by atoms with Crippen LogP contribution in [0.4, 0.5) is 18.9 Å². The van der Waals surface area contributed by atoms with Gasteiger partial charge in [0.05, 0.1) is 35.1 Å². The number of carbonyl (C=O) groups is 1. The van der Waals surface area contributed by atoms with Crippen molar-refractivity contribution in [2.75, 3.05) is 5.32 Å². The Hall–Kier alpha value is -3.87. The van der Waals surface area contributed by atoms with Crippen LogP contribution in [0.1, 0.15) is 50.6 Å². The molecule has 1 amide bonds. The van der Waals surface area contributed by atoms with Crippen LogP contribution in [-0.4, -0.2) is 20.7 Å². The molecule has 1 aliphatic rings. The summed E-state index contributed by atoms with van der Waals surface area (Å²) in [4.78, 5) is 27.5. The summed E-state index contributed by atoms with van der Waals surface area (Å²) in [6.45, 7) is 1.46. The Kier molecular flexibility index (Phi) is 5.34. The molecule has 0 unspecified atom stereocenters. The van der Waals surface area contributed by atoms with Gasteiger partial charge in [0.2, 0.25) is 5.56 Å². The van der Waals surface area contributed by atoms with E-state index in [-0.39, 0.29) is 17.8 Å². The van der Waals surface area contributed by atoms with E-state index in [9.17, 15) is 22.8 Å². The number of fused-ring (bicyclic) bond motifs is 1. The van der Waals surface area contributed by atoms with E-state index in [1.54, 1.807) is 24.3 Å². The molecule has 0 saturated heterocycles. The van der Waals surface area contributed by atoms with Crippen molar-refractivity contribution in [2.24, 2.45) is 0 Å². The molecule has 0 aliphatic heterocycles. The Morgan fingerprint density at radius 3 is 2.66 bits per heavy atom. The molecule has 0 spiro atoms. The second-order valence-electron chi connectivity index (χ2n) is 7.59. The third kappa shape index (κ3) is 4.01. The maximum atomic E-state index is 13.7. The quantitative estimate of drug-likeness (QED) is 0.646. The van der Waals surface area contributed by atoms with Crippen molar-refractivity contribution in [2.45, 2.75) is 38.9 Å². The molecular formula is C22H18F3N5O2. The fraction of sp³-hybridized carbons (Fsp3) is 0.273. The average molecular weight is 441 g/mol. The average Bonchev–Trinajstić information content (AvgIpc) is 3.33. The molecule has 1 aromatic carbocycles. The lowest BCUT2D eigenvalue weighted by Gasteiger charge is -2.11. The second-order valence-corrected chi connectivity index (χ2v) is 7.59. The predicted molar refractivity (Wildman–Crippen MR) is 109 cm³/mol. The number of alkyl halides is 3. The molecule has 3 aromatic rings. The maximum Gasteiger partial charge on any atom is 0.437 e. The third-order valence-electron chi connectivity index (χ3n) is 5.47. The minimum absolute atomic E-state index is 0.0247. The van der Waals surface area contributed by atoms with Crippen molar-refractivity contribution in [3.8, 4) is 6.07 Å². The molecule has 2 N–H and O–H groups in total. The van der Waals surface area contributed by atoms with Gasteiger partial charge in [-0.15, -0.1) is 0 Å². The highest BCUT2D eigenvalue weighted by Crippen LogP contribution is 2.36. The van der Waals surface area contributed by atoms with Crippen LogP contribution in [0.2, 0.25) is 0 Å². The number of aromatic nitrogens is 3. The molecule has 0 fully saturated rings. The van der Waals surface area contributed by atoms with Gasteiger partial charge in [0.25, 0.3) is 5.91 Å². The molecule has 7 nitrogen and oxygen atoms in total. The van der Waals surface area contributed by atoms with Crippen LogP contribution in [0, 0.1) is 18.3 Å². The summed E-state index contributed by atoms with van der Waals surface area (Å²) in [6, 6.07) is 9.48. The first kappa shape index (κ1) is 21.4. The van der Waals surface area contributed by atoms with Crippen LogP contribution >= 0.6 is 0 Å². The number of hydrogen-bond acceptors (Lipinski definition) is 4. The highest BCUT2D eigenvalue weighted by molar-refractivity contribution is 6.06. The summed E-state index contributed by atoms with van der Waals surface area (Å²) in [5, 5.41) is 14.9. The topological polar surface area (TPSA) is 104 Å². The van der Waals surface area contributed by atoms with Crippen molar-refractivity contribution in [3.63, 3.8) is 0 Å². The summed E-state index contributed by atoms with van der Waals surface area (Å²) in [6.07, 6.45) is -2.86. The number of benzene rings is 1. The first-order valence-corrected chi connectivity index (χ1v) is 9.87. The Labute approximate surface area is 180 Å². The van der Waals surface area contributed by atoms with Crippen molar-refractivity contribution < 1.29 is 18.0 Å². The lowest BCUT2D eigenvalue weighted by atomic mass is 10.1. The number of carbonyl (C=O) groups excluding carboxylic acids is 1. The van der Waals surface area contributed by atoms with E-state index in [2.05, 4.69) is 15.4 Å². The number of H-pyrrole nitrogens is 1. The Morgan fingerprint density at radius 1 is 1.28 bits per heavy atom. The lowest BCUT2D eigenvalue weighted by molar-refractivity contribution is -0.140. The van der Waals surface area contributed by atoms with Gasteiger partial charge in [-0.25, -0.2) is 0 Å². The van der Waals surface area contributed by atoms with Crippen molar-refractivity contribution in [1.82, 2.24) is 14.8 Å². The van der Waals surface area contributed by atoms with Crippen LogP contribution in [-0.2, 0) is 25.6 Å². The van der Waals surface area contributed by atoms with Gasteiger partial charge in [-0.05, 0) is 49.4 Å². The zero-order chi connectivity index (χ0) is 23.0. The van der Waals surface area contributed by atoms with Crippen molar-refractivity contribution >= 4 is 11.6 Å². The number of aromatic amines is 1. The fourth-order valence-corrected chi connectivity index (χ4v) is 3.87. The number of rotatable bonds is 4. The molecule has 2 aromatic heterocycles. The number of nitriles is 1. The minimum atomic E-state index is -4.79. The molecule has 0 saturated carbocycles. The fourth-order valence-electron chi connectivity index (χ4n) is 3.87. The van der Waals surface area contributed by atoms with Gasteiger partial charge < -0.3 is 10.3 Å². The molecule has 0 radical (unpaired) electrons. The van der Waals surface area contributed by atoms with Gasteiger partial charge in [-0.2, -0.15) is 23.5 Å². The van der Waals surface area contributed by atoms with Gasteiger partial charge in [0, 0.05) is 11.8 Å². The molecule has 4 rings (SSSR count). The summed E-state index contributed by atoms with van der Waals surface area (Å²) in [7, 11) is 0. The number of nitrogens with one attached hydrogen (secondary N) is 2. The van der Waals surface area contributed by atoms with E-state index in [0.717, 1.165) is 17.2 Å². The molecule has 0 bridgehead atoms. The summed E-state index contributed by atoms with van der Waals surface area (Å²) in [5.41, 5.74) is 0.450. The largest absolute Gasteiger partial charge is 0.437 e. The van der Waals surface area contributed by atoms with E-state index < -0.39 is 29.0 Å². The summed E-state index contributed by atoms with van der Waals surface area (Å²) in [5.74, 6) is -0.777. The van der Waals surface area contributed by atoms with Gasteiger partial charge in [-0.1, -0.05) is 12.1 Å². The van der Waals surface area contributed by atoms with Gasteiger partial charge in [0.15, 0.2) is 5.69 Å². The molecule has 1 aliphatic carbocycles. The number of halogens is 3. The number of hydrogen-bond donors (Lipinski definition) is 2. The number of anilines is 1. The smallest absolute Gasteiger partial charge is 0.326 e. The molecule has 2 heterocycles. The summed E-state index contributed by atoms with van der Waals surface area (Å²) < 4.78 is 42.2. The molecule has 0 atom stereocenters. The van der Waals surface area contributed by atoms with Crippen LogP contribution in [0.15, 0.2) is 35.1 Å². The third-order valence-corrected chi connectivity index (χ3v) is 5.47. The highest BCUT2D eigenvalue weighted by atomic mass is 19.4. The van der Waals surface area contributed by atoms with E-state index in [1.165, 1.54) is 6.92 Å². The standard InChI is InChI=1S/C22H18F3N5O2/c1-12-19(28-21(32)16-9-18(31)27-17-4-2-3-15(16)17)20(22(23,24)25)29-30(12)11-14-7-5-13(10-26)6-8-14/h5-9H,2-4,11H2,1H3,(H,27,31)(H,28,32). The monoisotopic (exact) mass is 441 g/mol.